The summed E-state index contributed by atoms with van der Waals surface area (Å²) in [5.41, 5.74) is 0.268. The van der Waals surface area contributed by atoms with Gasteiger partial charge in [0.1, 0.15) is 29.0 Å². The SMILES string of the molecule is CCc1ccc(Oc2ccc(C(F)(F)F)cc2Cl)cc1C1C(=O)CC2(CCOCC2)CC1=O. The molecule has 0 amide bonds. The minimum Gasteiger partial charge on any atom is -0.456 e. The maximum atomic E-state index is 13.2. The van der Waals surface area contributed by atoms with Gasteiger partial charge >= 0.3 is 6.18 Å². The van der Waals surface area contributed by atoms with E-state index in [1.807, 2.05) is 6.92 Å². The molecule has 0 N–H and O–H groups in total. The van der Waals surface area contributed by atoms with E-state index in [1.165, 1.54) is 0 Å². The van der Waals surface area contributed by atoms with Crippen LogP contribution in [-0.4, -0.2) is 24.8 Å². The maximum absolute atomic E-state index is 13.2. The summed E-state index contributed by atoms with van der Waals surface area (Å²) in [6.07, 6.45) is -1.81. The molecular formula is C25H24ClF3O4. The molecule has 0 aromatic heterocycles. The fraction of sp³-hybridized carbons (Fsp3) is 0.440. The van der Waals surface area contributed by atoms with Crippen LogP contribution in [0.25, 0.3) is 0 Å². The van der Waals surface area contributed by atoms with Crippen LogP contribution in [0.1, 0.15) is 55.2 Å². The van der Waals surface area contributed by atoms with Crippen molar-refractivity contribution in [2.24, 2.45) is 5.41 Å². The van der Waals surface area contributed by atoms with Crippen LogP contribution in [0.4, 0.5) is 13.2 Å². The monoisotopic (exact) mass is 480 g/mol. The van der Waals surface area contributed by atoms with Crippen LogP contribution in [0.2, 0.25) is 5.02 Å². The van der Waals surface area contributed by atoms with Gasteiger partial charge in [-0.25, -0.2) is 0 Å². The Labute approximate surface area is 195 Å². The van der Waals surface area contributed by atoms with E-state index in [1.54, 1.807) is 18.2 Å². The first-order chi connectivity index (χ1) is 15.6. The van der Waals surface area contributed by atoms with E-state index in [0.29, 0.717) is 56.6 Å². The van der Waals surface area contributed by atoms with E-state index in [0.717, 1.165) is 23.8 Å². The number of alkyl halides is 3. The molecular weight excluding hydrogens is 457 g/mol. The third-order valence-corrected chi connectivity index (χ3v) is 6.89. The zero-order chi connectivity index (χ0) is 23.8. The maximum Gasteiger partial charge on any atom is 0.416 e. The van der Waals surface area contributed by atoms with Crippen LogP contribution >= 0.6 is 11.6 Å². The lowest BCUT2D eigenvalue weighted by atomic mass is 9.63. The molecule has 1 heterocycles. The number of hydrogen-bond acceptors (Lipinski definition) is 4. The average molecular weight is 481 g/mol. The number of carbonyl (C=O) groups is 2. The molecule has 176 valence electrons. The molecule has 0 bridgehead atoms. The van der Waals surface area contributed by atoms with Gasteiger partial charge < -0.3 is 9.47 Å². The molecule has 8 heteroatoms. The van der Waals surface area contributed by atoms with Gasteiger partial charge in [0.15, 0.2) is 0 Å². The van der Waals surface area contributed by atoms with E-state index in [-0.39, 0.29) is 27.8 Å². The molecule has 2 fully saturated rings. The lowest BCUT2D eigenvalue weighted by molar-refractivity contribution is -0.140. The number of rotatable bonds is 4. The van der Waals surface area contributed by atoms with Gasteiger partial charge in [-0.05, 0) is 66.1 Å². The third kappa shape index (κ3) is 4.94. The Morgan fingerprint density at radius 2 is 1.73 bits per heavy atom. The van der Waals surface area contributed by atoms with E-state index in [9.17, 15) is 22.8 Å². The molecule has 1 aliphatic carbocycles. The number of halogens is 4. The molecule has 2 aromatic carbocycles. The summed E-state index contributed by atoms with van der Waals surface area (Å²) in [6, 6.07) is 7.93. The van der Waals surface area contributed by atoms with Crippen molar-refractivity contribution in [1.29, 1.82) is 0 Å². The number of Topliss-reactive ketones (excluding diaryl/α,β-unsaturated/α-hetero) is 2. The molecule has 1 saturated carbocycles. The second-order valence-electron chi connectivity index (χ2n) is 8.79. The summed E-state index contributed by atoms with van der Waals surface area (Å²) in [7, 11) is 0. The molecule has 2 aliphatic rings. The van der Waals surface area contributed by atoms with E-state index >= 15 is 0 Å². The van der Waals surface area contributed by atoms with Gasteiger partial charge in [-0.15, -0.1) is 0 Å². The van der Waals surface area contributed by atoms with Crippen molar-refractivity contribution in [2.45, 2.75) is 51.1 Å². The zero-order valence-electron chi connectivity index (χ0n) is 18.1. The topological polar surface area (TPSA) is 52.6 Å². The van der Waals surface area contributed by atoms with Gasteiger partial charge in [-0.3, -0.25) is 9.59 Å². The third-order valence-electron chi connectivity index (χ3n) is 6.59. The predicted octanol–water partition coefficient (Wildman–Crippen LogP) is 6.53. The largest absolute Gasteiger partial charge is 0.456 e. The first-order valence-corrected chi connectivity index (χ1v) is 11.3. The molecule has 33 heavy (non-hydrogen) atoms. The summed E-state index contributed by atoms with van der Waals surface area (Å²) in [5, 5.41) is -0.183. The van der Waals surface area contributed by atoms with Crippen LogP contribution in [0.5, 0.6) is 11.5 Å². The van der Waals surface area contributed by atoms with Crippen molar-refractivity contribution in [1.82, 2.24) is 0 Å². The molecule has 1 aliphatic heterocycles. The highest BCUT2D eigenvalue weighted by molar-refractivity contribution is 6.32. The fourth-order valence-electron chi connectivity index (χ4n) is 4.80. The quantitative estimate of drug-likeness (QED) is 0.467. The van der Waals surface area contributed by atoms with Crippen LogP contribution < -0.4 is 4.74 Å². The number of aryl methyl sites for hydroxylation is 1. The van der Waals surface area contributed by atoms with Gasteiger partial charge in [0.05, 0.1) is 10.6 Å². The highest BCUT2D eigenvalue weighted by atomic mass is 35.5. The standard InChI is InChI=1S/C25H24ClF3O4/c1-2-15-3-5-17(33-22-6-4-16(11-19(22)26)25(27,28)29)12-18(15)23-20(30)13-24(14-21(23)31)7-9-32-10-8-24/h3-6,11-12,23H,2,7-10,13-14H2,1H3. The van der Waals surface area contributed by atoms with Crippen molar-refractivity contribution in [2.75, 3.05) is 13.2 Å². The molecule has 1 spiro atoms. The molecule has 1 saturated heterocycles. The Hall–Kier alpha value is -2.38. The molecule has 0 unspecified atom stereocenters. The zero-order valence-corrected chi connectivity index (χ0v) is 18.9. The van der Waals surface area contributed by atoms with Gasteiger partial charge in [-0.2, -0.15) is 13.2 Å². The van der Waals surface area contributed by atoms with Gasteiger partial charge in [0, 0.05) is 26.1 Å². The van der Waals surface area contributed by atoms with Crippen molar-refractivity contribution in [3.8, 4) is 11.5 Å². The Bertz CT molecular complexity index is 1050. The lowest BCUT2D eigenvalue weighted by Crippen LogP contribution is -2.42. The van der Waals surface area contributed by atoms with Crippen LogP contribution in [0, 0.1) is 5.41 Å². The molecule has 4 rings (SSSR count). The highest BCUT2D eigenvalue weighted by Gasteiger charge is 2.46. The minimum atomic E-state index is -4.51. The second-order valence-corrected chi connectivity index (χ2v) is 9.20. The first-order valence-electron chi connectivity index (χ1n) is 10.9. The minimum absolute atomic E-state index is 0.0577. The van der Waals surface area contributed by atoms with Crippen molar-refractivity contribution < 1.29 is 32.2 Å². The fourth-order valence-corrected chi connectivity index (χ4v) is 5.02. The van der Waals surface area contributed by atoms with Crippen LogP contribution in [0.3, 0.4) is 0 Å². The van der Waals surface area contributed by atoms with Crippen LogP contribution in [0.15, 0.2) is 36.4 Å². The summed E-state index contributed by atoms with van der Waals surface area (Å²) in [4.78, 5) is 26.3. The van der Waals surface area contributed by atoms with Crippen molar-refractivity contribution in [3.63, 3.8) is 0 Å². The van der Waals surface area contributed by atoms with Gasteiger partial charge in [0.2, 0.25) is 0 Å². The smallest absolute Gasteiger partial charge is 0.416 e. The Balaban J connectivity index is 1.61. The summed E-state index contributed by atoms with van der Waals surface area (Å²) in [5.74, 6) is -0.710. The number of carbonyl (C=O) groups excluding carboxylic acids is 2. The predicted molar refractivity (Wildman–Crippen MR) is 117 cm³/mol. The molecule has 2 aromatic rings. The average Bonchev–Trinajstić information content (AvgIpc) is 2.74. The number of benzene rings is 2. The molecule has 4 nitrogen and oxygen atoms in total. The number of ketones is 2. The summed E-state index contributed by atoms with van der Waals surface area (Å²) >= 11 is 6.02. The van der Waals surface area contributed by atoms with E-state index in [2.05, 4.69) is 0 Å². The Morgan fingerprint density at radius 3 is 2.30 bits per heavy atom. The highest BCUT2D eigenvalue weighted by Crippen LogP contribution is 2.46. The Morgan fingerprint density at radius 1 is 1.06 bits per heavy atom. The lowest BCUT2D eigenvalue weighted by Gasteiger charge is -2.41. The summed E-state index contributed by atoms with van der Waals surface area (Å²) in [6.45, 7) is 3.05. The number of ether oxygens (including phenoxy) is 2. The van der Waals surface area contributed by atoms with E-state index < -0.39 is 17.7 Å². The molecule has 0 atom stereocenters. The second kappa shape index (κ2) is 9.11. The van der Waals surface area contributed by atoms with Gasteiger partial charge in [0.25, 0.3) is 0 Å². The molecule has 0 radical (unpaired) electrons. The van der Waals surface area contributed by atoms with Crippen molar-refractivity contribution >= 4 is 23.2 Å². The number of hydrogen-bond donors (Lipinski definition) is 0. The van der Waals surface area contributed by atoms with Crippen LogP contribution in [-0.2, 0) is 26.9 Å². The van der Waals surface area contributed by atoms with E-state index in [4.69, 9.17) is 21.1 Å². The first kappa shape index (κ1) is 23.8. The Kier molecular flexibility index (Phi) is 6.56. The van der Waals surface area contributed by atoms with Gasteiger partial charge in [-0.1, -0.05) is 24.6 Å². The van der Waals surface area contributed by atoms with Crippen molar-refractivity contribution in [3.05, 3.63) is 58.1 Å². The normalized spacial score (nSPS) is 19.2. The summed E-state index contributed by atoms with van der Waals surface area (Å²) < 4.78 is 49.9.